The highest BCUT2D eigenvalue weighted by Gasteiger charge is 2.15. The molecule has 0 aliphatic heterocycles. The molecule has 1 aliphatic rings. The van der Waals surface area contributed by atoms with E-state index in [0.717, 1.165) is 5.69 Å². The van der Waals surface area contributed by atoms with Crippen molar-refractivity contribution < 1.29 is 9.94 Å². The van der Waals surface area contributed by atoms with Crippen molar-refractivity contribution in [1.82, 2.24) is 9.97 Å². The number of hydrogen-bond acceptors (Lipinski definition) is 5. The number of ether oxygens (including phenoxy) is 1. The van der Waals surface area contributed by atoms with Crippen LogP contribution in [0.5, 0.6) is 6.01 Å². The van der Waals surface area contributed by atoms with Crippen molar-refractivity contribution in [3.05, 3.63) is 17.5 Å². The molecule has 19 heavy (non-hydrogen) atoms. The van der Waals surface area contributed by atoms with Crippen LogP contribution in [0.2, 0.25) is 0 Å². The van der Waals surface area contributed by atoms with Crippen molar-refractivity contribution in [2.24, 2.45) is 16.8 Å². The predicted molar refractivity (Wildman–Crippen MR) is 71.3 cm³/mol. The molecule has 0 unspecified atom stereocenters. The van der Waals surface area contributed by atoms with Gasteiger partial charge in [0, 0.05) is 5.69 Å². The fourth-order valence-electron chi connectivity index (χ4n) is 2.33. The second kappa shape index (κ2) is 6.36. The van der Waals surface area contributed by atoms with Gasteiger partial charge in [0.2, 0.25) is 0 Å². The highest BCUT2D eigenvalue weighted by atomic mass is 16.5. The maximum absolute atomic E-state index is 8.67. The molecule has 1 aromatic rings. The van der Waals surface area contributed by atoms with Gasteiger partial charge in [0.15, 0.2) is 5.84 Å². The molecule has 0 spiro atoms. The molecule has 1 fully saturated rings. The van der Waals surface area contributed by atoms with Gasteiger partial charge in [-0.3, -0.25) is 0 Å². The summed E-state index contributed by atoms with van der Waals surface area (Å²) in [4.78, 5) is 8.35. The molecule has 3 N–H and O–H groups in total. The molecular formula is C13H20N4O2. The summed E-state index contributed by atoms with van der Waals surface area (Å²) in [6.45, 7) is 2.46. The van der Waals surface area contributed by atoms with Crippen LogP contribution in [-0.2, 0) is 0 Å². The Morgan fingerprint density at radius 2 is 2.16 bits per heavy atom. The van der Waals surface area contributed by atoms with Crippen molar-refractivity contribution in [3.8, 4) is 6.01 Å². The first kappa shape index (κ1) is 13.6. The minimum Gasteiger partial charge on any atom is -0.463 e. The zero-order valence-corrected chi connectivity index (χ0v) is 11.2. The minimum atomic E-state index is -0.0342. The molecule has 6 nitrogen and oxygen atoms in total. The van der Waals surface area contributed by atoms with Crippen LogP contribution >= 0.6 is 0 Å². The summed E-state index contributed by atoms with van der Waals surface area (Å²) < 4.78 is 5.65. The monoisotopic (exact) mass is 264 g/mol. The van der Waals surface area contributed by atoms with E-state index in [1.807, 2.05) is 6.92 Å². The number of nitrogens with two attached hydrogens (primary N) is 1. The minimum absolute atomic E-state index is 0.0342. The van der Waals surface area contributed by atoms with E-state index in [0.29, 0.717) is 24.2 Å². The first-order chi connectivity index (χ1) is 9.19. The molecule has 0 amide bonds. The molecule has 0 radical (unpaired) electrons. The zero-order valence-electron chi connectivity index (χ0n) is 11.2. The molecule has 104 valence electrons. The molecule has 0 saturated heterocycles. The van der Waals surface area contributed by atoms with E-state index in [2.05, 4.69) is 15.1 Å². The number of amidine groups is 1. The van der Waals surface area contributed by atoms with Crippen LogP contribution in [0.3, 0.4) is 0 Å². The van der Waals surface area contributed by atoms with Gasteiger partial charge in [0.25, 0.3) is 0 Å². The molecule has 0 bridgehead atoms. The van der Waals surface area contributed by atoms with Gasteiger partial charge >= 0.3 is 6.01 Å². The maximum Gasteiger partial charge on any atom is 0.317 e. The summed E-state index contributed by atoms with van der Waals surface area (Å²) in [5, 5.41) is 11.6. The predicted octanol–water partition coefficient (Wildman–Crippen LogP) is 1.84. The van der Waals surface area contributed by atoms with Crippen LogP contribution in [0, 0.1) is 12.8 Å². The van der Waals surface area contributed by atoms with Gasteiger partial charge in [-0.25, -0.2) is 4.98 Å². The Labute approximate surface area is 112 Å². The number of oxime groups is 1. The summed E-state index contributed by atoms with van der Waals surface area (Å²) in [7, 11) is 0. The van der Waals surface area contributed by atoms with E-state index in [1.165, 1.54) is 32.1 Å². The topological polar surface area (TPSA) is 93.6 Å². The SMILES string of the molecule is Cc1cc(/C(N)=N/O)nc(OCC2CCCCC2)n1. The van der Waals surface area contributed by atoms with Crippen molar-refractivity contribution in [2.45, 2.75) is 39.0 Å². The third-order valence-corrected chi connectivity index (χ3v) is 3.38. The number of rotatable bonds is 4. The Kier molecular flexibility index (Phi) is 4.54. The third kappa shape index (κ3) is 3.81. The van der Waals surface area contributed by atoms with Crippen molar-refractivity contribution in [2.75, 3.05) is 6.61 Å². The van der Waals surface area contributed by atoms with Crippen LogP contribution in [0.15, 0.2) is 11.2 Å². The lowest BCUT2D eigenvalue weighted by Crippen LogP contribution is -2.19. The number of aryl methyl sites for hydroxylation is 1. The summed E-state index contributed by atoms with van der Waals surface area (Å²) >= 11 is 0. The fourth-order valence-corrected chi connectivity index (χ4v) is 2.33. The first-order valence-corrected chi connectivity index (χ1v) is 6.65. The summed E-state index contributed by atoms with van der Waals surface area (Å²) in [5.41, 5.74) is 6.64. The molecule has 2 rings (SSSR count). The Hall–Kier alpha value is -1.85. The molecule has 0 atom stereocenters. The van der Waals surface area contributed by atoms with E-state index in [-0.39, 0.29) is 5.84 Å². The van der Waals surface area contributed by atoms with Gasteiger partial charge in [-0.15, -0.1) is 0 Å². The summed E-state index contributed by atoms with van der Waals surface area (Å²) in [5.74, 6) is 0.554. The average molecular weight is 264 g/mol. The summed E-state index contributed by atoms with van der Waals surface area (Å²) in [6.07, 6.45) is 6.29. The fraction of sp³-hybridized carbons (Fsp3) is 0.615. The van der Waals surface area contributed by atoms with Crippen molar-refractivity contribution in [1.29, 1.82) is 0 Å². The maximum atomic E-state index is 8.67. The largest absolute Gasteiger partial charge is 0.463 e. The molecule has 0 aromatic carbocycles. The number of aromatic nitrogens is 2. The zero-order chi connectivity index (χ0) is 13.7. The normalized spacial score (nSPS) is 17.4. The highest BCUT2D eigenvalue weighted by molar-refractivity contribution is 5.95. The molecular weight excluding hydrogens is 244 g/mol. The standard InChI is InChI=1S/C13H20N4O2/c1-9-7-11(12(14)17-18)16-13(15-9)19-8-10-5-3-2-4-6-10/h7,10,18H,2-6,8H2,1H3,(H2,14,17). The molecule has 1 aromatic heterocycles. The lowest BCUT2D eigenvalue weighted by molar-refractivity contribution is 0.196. The van der Waals surface area contributed by atoms with Gasteiger partial charge in [-0.1, -0.05) is 24.4 Å². The van der Waals surface area contributed by atoms with Crippen molar-refractivity contribution >= 4 is 5.84 Å². The Balaban J connectivity index is 2.01. The number of nitrogens with zero attached hydrogens (tertiary/aromatic N) is 3. The van der Waals surface area contributed by atoms with E-state index < -0.39 is 0 Å². The van der Waals surface area contributed by atoms with Crippen LogP contribution in [0.25, 0.3) is 0 Å². The molecule has 1 saturated carbocycles. The second-order valence-corrected chi connectivity index (χ2v) is 4.98. The van der Waals surface area contributed by atoms with Crippen LogP contribution in [0.1, 0.15) is 43.5 Å². The highest BCUT2D eigenvalue weighted by Crippen LogP contribution is 2.24. The van der Waals surface area contributed by atoms with E-state index in [4.69, 9.17) is 15.7 Å². The lowest BCUT2D eigenvalue weighted by atomic mass is 9.90. The average Bonchev–Trinajstić information content (AvgIpc) is 2.45. The van der Waals surface area contributed by atoms with Gasteiger partial charge in [0.05, 0.1) is 6.61 Å². The van der Waals surface area contributed by atoms with E-state index in [1.54, 1.807) is 6.07 Å². The number of hydrogen-bond donors (Lipinski definition) is 2. The van der Waals surface area contributed by atoms with Crippen LogP contribution < -0.4 is 10.5 Å². The van der Waals surface area contributed by atoms with E-state index >= 15 is 0 Å². The van der Waals surface area contributed by atoms with E-state index in [9.17, 15) is 0 Å². The Morgan fingerprint density at radius 1 is 1.42 bits per heavy atom. The molecule has 1 heterocycles. The first-order valence-electron chi connectivity index (χ1n) is 6.65. The summed E-state index contributed by atoms with van der Waals surface area (Å²) in [6, 6.07) is 1.95. The lowest BCUT2D eigenvalue weighted by Gasteiger charge is -2.21. The molecule has 6 heteroatoms. The van der Waals surface area contributed by atoms with Gasteiger partial charge < -0.3 is 15.7 Å². The van der Waals surface area contributed by atoms with Crippen LogP contribution in [0.4, 0.5) is 0 Å². The van der Waals surface area contributed by atoms with Crippen molar-refractivity contribution in [3.63, 3.8) is 0 Å². The Bertz CT molecular complexity index is 456. The molecule has 1 aliphatic carbocycles. The van der Waals surface area contributed by atoms with Gasteiger partial charge in [-0.05, 0) is 31.7 Å². The Morgan fingerprint density at radius 3 is 2.84 bits per heavy atom. The smallest absolute Gasteiger partial charge is 0.317 e. The quantitative estimate of drug-likeness (QED) is 0.374. The van der Waals surface area contributed by atoms with Crippen LogP contribution in [-0.4, -0.2) is 27.6 Å². The third-order valence-electron chi connectivity index (χ3n) is 3.38. The van der Waals surface area contributed by atoms with Gasteiger partial charge in [0.1, 0.15) is 5.69 Å². The second-order valence-electron chi connectivity index (χ2n) is 4.98. The van der Waals surface area contributed by atoms with Gasteiger partial charge in [-0.2, -0.15) is 4.98 Å².